The molecule has 1 aromatic carbocycles. The average Bonchev–Trinajstić information content (AvgIpc) is 3.63. The van der Waals surface area contributed by atoms with Crippen molar-refractivity contribution in [2.75, 3.05) is 13.1 Å². The quantitative estimate of drug-likeness (QED) is 0.299. The van der Waals surface area contributed by atoms with Crippen molar-refractivity contribution in [2.24, 2.45) is 11.8 Å². The predicted molar refractivity (Wildman–Crippen MR) is 159 cm³/mol. The molecule has 9 nitrogen and oxygen atoms in total. The number of thiophene rings is 1. The van der Waals surface area contributed by atoms with E-state index in [-0.39, 0.29) is 41.8 Å². The minimum absolute atomic E-state index is 0.0285. The highest BCUT2D eigenvalue weighted by molar-refractivity contribution is 7.07. The van der Waals surface area contributed by atoms with Crippen LogP contribution in [0.5, 0.6) is 0 Å². The Morgan fingerprint density at radius 2 is 1.72 bits per heavy atom. The molecule has 0 bridgehead atoms. The summed E-state index contributed by atoms with van der Waals surface area (Å²) in [7, 11) is 0. The number of ketones is 1. The van der Waals surface area contributed by atoms with Crippen molar-refractivity contribution in [3.8, 4) is 6.07 Å². The molecule has 1 aliphatic carbocycles. The summed E-state index contributed by atoms with van der Waals surface area (Å²) in [6.07, 6.45) is 3.76. The van der Waals surface area contributed by atoms with Gasteiger partial charge in [0.1, 0.15) is 23.3 Å². The van der Waals surface area contributed by atoms with Gasteiger partial charge in [-0.2, -0.15) is 16.6 Å². The van der Waals surface area contributed by atoms with E-state index in [1.54, 1.807) is 52.9 Å². The summed E-state index contributed by atoms with van der Waals surface area (Å²) >= 11 is 1.60. The molecule has 4 fully saturated rings. The van der Waals surface area contributed by atoms with E-state index in [1.165, 1.54) is 0 Å². The number of piperidine rings is 1. The van der Waals surface area contributed by atoms with Gasteiger partial charge in [-0.05, 0) is 73.0 Å². The predicted octanol–water partition coefficient (Wildman–Crippen LogP) is 4.14. The molecule has 3 aromatic rings. The SMILES string of the molecule is CC(C)(C)OC(=O)N1C[C@@H]2[C@H](C1)[C@H]2N1C(=O)C(Cc2ccncc2)(Cc2ccsc2)N2C(C(=O)c3ccc(C#N)cc3)C12. The van der Waals surface area contributed by atoms with Gasteiger partial charge in [-0.25, -0.2) is 4.79 Å². The number of piperazine rings is 1. The van der Waals surface area contributed by atoms with Crippen LogP contribution in [0.25, 0.3) is 0 Å². The number of amides is 2. The van der Waals surface area contributed by atoms with Gasteiger partial charge < -0.3 is 14.5 Å². The number of hydrogen-bond acceptors (Lipinski definition) is 8. The first-order valence-electron chi connectivity index (χ1n) is 14.6. The number of pyridine rings is 1. The zero-order valence-electron chi connectivity index (χ0n) is 24.3. The zero-order valence-corrected chi connectivity index (χ0v) is 25.2. The fourth-order valence-corrected chi connectivity index (χ4v) is 7.97. The molecule has 3 saturated heterocycles. The molecule has 7 rings (SSSR count). The highest BCUT2D eigenvalue weighted by atomic mass is 32.1. The number of Topliss-reactive ketones (excluding diaryl/α,β-unsaturated/α-hetero) is 1. The molecule has 0 N–H and O–H groups in total. The molecule has 0 spiro atoms. The van der Waals surface area contributed by atoms with Crippen LogP contribution in [0.2, 0.25) is 0 Å². The fraction of sp³-hybridized carbons (Fsp3) is 0.424. The number of rotatable bonds is 7. The Labute approximate surface area is 254 Å². The second kappa shape index (κ2) is 10.00. The summed E-state index contributed by atoms with van der Waals surface area (Å²) in [5, 5.41) is 13.3. The summed E-state index contributed by atoms with van der Waals surface area (Å²) in [6.45, 7) is 6.65. The van der Waals surface area contributed by atoms with Crippen LogP contribution in [0, 0.1) is 23.2 Å². The van der Waals surface area contributed by atoms with Gasteiger partial charge in [-0.3, -0.25) is 19.5 Å². The number of carbonyl (C=O) groups is 3. The first-order valence-corrected chi connectivity index (χ1v) is 15.6. The van der Waals surface area contributed by atoms with E-state index >= 15 is 0 Å². The van der Waals surface area contributed by atoms with Crippen LogP contribution in [-0.2, 0) is 22.4 Å². The van der Waals surface area contributed by atoms with Gasteiger partial charge in [0.25, 0.3) is 0 Å². The standard InChI is InChI=1S/C33H33N5O4S/c1-32(2,3)42-31(41)36-17-24-25(18-36)26(24)37-29-27(28(39)23-6-4-21(16-34)5-7-23)38(29)33(30(37)40,15-22-10-13-43-19-22)14-20-8-11-35-12-9-20/h4-13,19,24-27,29H,14-15,17-18H2,1-3H3/t24-,25+,26+,27?,29?,33?,38?. The third kappa shape index (κ3) is 4.71. The summed E-state index contributed by atoms with van der Waals surface area (Å²) in [6, 6.07) is 14.3. The Hall–Kier alpha value is -4.07. The number of hydrogen-bond donors (Lipinski definition) is 0. The highest BCUT2D eigenvalue weighted by Crippen LogP contribution is 2.59. The van der Waals surface area contributed by atoms with E-state index in [9.17, 15) is 19.6 Å². The largest absolute Gasteiger partial charge is 0.444 e. The van der Waals surface area contributed by atoms with E-state index in [2.05, 4.69) is 27.4 Å². The Kier molecular flexibility index (Phi) is 6.45. The first-order chi connectivity index (χ1) is 20.6. The van der Waals surface area contributed by atoms with Gasteiger partial charge in [0.05, 0.1) is 11.6 Å². The number of aromatic nitrogens is 1. The van der Waals surface area contributed by atoms with Gasteiger partial charge in [-0.1, -0.05) is 12.1 Å². The van der Waals surface area contributed by atoms with E-state index in [4.69, 9.17) is 4.74 Å². The number of likely N-dealkylation sites (tertiary alicyclic amines) is 1. The van der Waals surface area contributed by atoms with E-state index < -0.39 is 17.2 Å². The van der Waals surface area contributed by atoms with Crippen LogP contribution in [0.1, 0.15) is 47.8 Å². The average molecular weight is 596 g/mol. The number of benzene rings is 1. The van der Waals surface area contributed by atoms with Crippen LogP contribution in [0.15, 0.2) is 65.6 Å². The van der Waals surface area contributed by atoms with Gasteiger partial charge in [0, 0.05) is 61.8 Å². The molecule has 0 radical (unpaired) electrons. The van der Waals surface area contributed by atoms with E-state index in [0.29, 0.717) is 37.1 Å². The minimum Gasteiger partial charge on any atom is -0.444 e. The molecular weight excluding hydrogens is 562 g/mol. The van der Waals surface area contributed by atoms with Gasteiger partial charge in [-0.15, -0.1) is 0 Å². The molecule has 4 aliphatic rings. The van der Waals surface area contributed by atoms with Crippen LogP contribution in [-0.4, -0.2) is 79.9 Å². The third-order valence-corrected chi connectivity index (χ3v) is 9.93. The van der Waals surface area contributed by atoms with Crippen LogP contribution >= 0.6 is 11.3 Å². The van der Waals surface area contributed by atoms with Crippen molar-refractivity contribution >= 4 is 29.1 Å². The number of nitriles is 1. The minimum atomic E-state index is -0.929. The molecule has 5 heterocycles. The Bertz CT molecular complexity index is 1600. The Balaban J connectivity index is 1.22. The van der Waals surface area contributed by atoms with Crippen molar-refractivity contribution in [3.05, 3.63) is 87.9 Å². The lowest BCUT2D eigenvalue weighted by Gasteiger charge is -2.34. The topological polar surface area (TPSA) is 107 Å². The Morgan fingerprint density at radius 3 is 2.33 bits per heavy atom. The van der Waals surface area contributed by atoms with Crippen molar-refractivity contribution in [1.29, 1.82) is 5.26 Å². The highest BCUT2D eigenvalue weighted by Gasteiger charge is 2.78. The summed E-state index contributed by atoms with van der Waals surface area (Å²) in [5.74, 6) is 0.315. The second-order valence-corrected chi connectivity index (χ2v) is 13.9. The zero-order chi connectivity index (χ0) is 30.1. The molecular formula is C33H33N5O4S. The van der Waals surface area contributed by atoms with Crippen molar-refractivity contribution < 1.29 is 19.1 Å². The van der Waals surface area contributed by atoms with Gasteiger partial charge in [0.2, 0.25) is 5.91 Å². The lowest BCUT2D eigenvalue weighted by molar-refractivity contribution is -0.136. The van der Waals surface area contributed by atoms with Crippen molar-refractivity contribution in [2.45, 2.75) is 63.0 Å². The molecule has 1 saturated carbocycles. The fourth-order valence-electron chi connectivity index (χ4n) is 7.30. The first kappa shape index (κ1) is 27.7. The molecule has 10 heteroatoms. The Morgan fingerprint density at radius 1 is 1.05 bits per heavy atom. The monoisotopic (exact) mass is 595 g/mol. The smallest absolute Gasteiger partial charge is 0.410 e. The number of ether oxygens (including phenoxy) is 1. The van der Waals surface area contributed by atoms with Gasteiger partial charge in [0.15, 0.2) is 5.78 Å². The van der Waals surface area contributed by atoms with Crippen LogP contribution in [0.3, 0.4) is 0 Å². The normalized spacial score (nSPS) is 30.4. The molecule has 2 amide bonds. The number of fused-ring (bicyclic) bond motifs is 2. The van der Waals surface area contributed by atoms with Crippen molar-refractivity contribution in [1.82, 2.24) is 19.7 Å². The maximum atomic E-state index is 14.7. The summed E-state index contributed by atoms with van der Waals surface area (Å²) < 4.78 is 5.60. The molecule has 4 unspecified atom stereocenters. The van der Waals surface area contributed by atoms with Crippen LogP contribution in [0.4, 0.5) is 4.79 Å². The van der Waals surface area contributed by atoms with E-state index in [1.807, 2.05) is 43.2 Å². The number of nitrogens with zero attached hydrogens (tertiary/aromatic N) is 5. The second-order valence-electron chi connectivity index (χ2n) is 13.1. The molecule has 220 valence electrons. The lowest BCUT2D eigenvalue weighted by atomic mass is 9.83. The summed E-state index contributed by atoms with van der Waals surface area (Å²) in [5.41, 5.74) is 1.58. The van der Waals surface area contributed by atoms with Crippen molar-refractivity contribution in [3.63, 3.8) is 0 Å². The van der Waals surface area contributed by atoms with E-state index in [0.717, 1.165) is 11.1 Å². The summed E-state index contributed by atoms with van der Waals surface area (Å²) in [4.78, 5) is 51.6. The molecule has 3 aliphatic heterocycles. The number of carbonyl (C=O) groups excluding carboxylic acids is 3. The maximum Gasteiger partial charge on any atom is 0.410 e. The third-order valence-electron chi connectivity index (χ3n) is 9.20. The van der Waals surface area contributed by atoms with Gasteiger partial charge >= 0.3 is 6.09 Å². The molecule has 43 heavy (non-hydrogen) atoms. The maximum absolute atomic E-state index is 14.7. The molecule has 2 aromatic heterocycles. The molecule has 7 atom stereocenters. The lowest BCUT2D eigenvalue weighted by Crippen LogP contribution is -2.54. The van der Waals surface area contributed by atoms with Crippen LogP contribution < -0.4 is 0 Å².